The van der Waals surface area contributed by atoms with Gasteiger partial charge in [0, 0.05) is 6.54 Å². The van der Waals surface area contributed by atoms with E-state index in [1.807, 2.05) is 97.1 Å². The second kappa shape index (κ2) is 10.2. The number of benzene rings is 4. The Hall–Kier alpha value is -4.18. The highest BCUT2D eigenvalue weighted by Crippen LogP contribution is 2.27. The quantitative estimate of drug-likeness (QED) is 0.421. The zero-order valence-electron chi connectivity index (χ0n) is 17.6. The Labute approximate surface area is 187 Å². The van der Waals surface area contributed by atoms with E-state index >= 15 is 0 Å². The zero-order valence-corrected chi connectivity index (χ0v) is 17.6. The first kappa shape index (κ1) is 21.1. The first-order valence-corrected chi connectivity index (χ1v) is 10.5. The van der Waals surface area contributed by atoms with Crippen molar-refractivity contribution in [3.8, 4) is 0 Å². The van der Waals surface area contributed by atoms with Gasteiger partial charge in [0.1, 0.15) is 0 Å². The molecule has 0 aromatic heterocycles. The van der Waals surface area contributed by atoms with Gasteiger partial charge in [0.15, 0.2) is 0 Å². The van der Waals surface area contributed by atoms with Crippen molar-refractivity contribution >= 4 is 17.5 Å². The van der Waals surface area contributed by atoms with Crippen LogP contribution in [0.4, 0.5) is 5.69 Å². The molecular weight excluding hydrogens is 396 g/mol. The summed E-state index contributed by atoms with van der Waals surface area (Å²) in [5.74, 6) is -0.913. The lowest BCUT2D eigenvalue weighted by atomic mass is 9.90. The molecule has 2 N–H and O–H groups in total. The monoisotopic (exact) mass is 420 g/mol. The summed E-state index contributed by atoms with van der Waals surface area (Å²) < 4.78 is 0. The fourth-order valence-electron chi connectivity index (χ4n) is 3.65. The Kier molecular flexibility index (Phi) is 6.73. The molecule has 4 aromatic rings. The molecule has 0 aliphatic heterocycles. The highest BCUT2D eigenvalue weighted by molar-refractivity contribution is 6.05. The molecule has 0 aliphatic carbocycles. The first-order chi connectivity index (χ1) is 15.7. The highest BCUT2D eigenvalue weighted by atomic mass is 16.2. The third-order valence-corrected chi connectivity index (χ3v) is 5.25. The molecule has 158 valence electrons. The Morgan fingerprint density at radius 2 is 1.12 bits per heavy atom. The molecule has 4 heteroatoms. The van der Waals surface area contributed by atoms with Gasteiger partial charge in [-0.05, 0) is 28.8 Å². The van der Waals surface area contributed by atoms with E-state index in [4.69, 9.17) is 0 Å². The third kappa shape index (κ3) is 5.10. The van der Waals surface area contributed by atoms with Crippen molar-refractivity contribution in [2.45, 2.75) is 12.5 Å². The highest BCUT2D eigenvalue weighted by Gasteiger charge is 2.24. The molecular formula is C28H24N2O2. The van der Waals surface area contributed by atoms with Crippen LogP contribution in [0.2, 0.25) is 0 Å². The average Bonchev–Trinajstić information content (AvgIpc) is 2.85. The lowest BCUT2D eigenvalue weighted by Crippen LogP contribution is -2.27. The number of para-hydroxylation sites is 1. The van der Waals surface area contributed by atoms with Crippen LogP contribution in [0.3, 0.4) is 0 Å². The van der Waals surface area contributed by atoms with Crippen molar-refractivity contribution in [2.75, 3.05) is 5.32 Å². The minimum absolute atomic E-state index is 0.189. The fourth-order valence-corrected chi connectivity index (χ4v) is 3.65. The van der Waals surface area contributed by atoms with Crippen LogP contribution in [-0.4, -0.2) is 11.8 Å². The van der Waals surface area contributed by atoms with Gasteiger partial charge >= 0.3 is 0 Å². The number of hydrogen-bond donors (Lipinski definition) is 2. The number of carbonyl (C=O) groups excluding carboxylic acids is 2. The molecule has 0 atom stereocenters. The summed E-state index contributed by atoms with van der Waals surface area (Å²) in [6.45, 7) is 0.415. The summed E-state index contributed by atoms with van der Waals surface area (Å²) in [7, 11) is 0. The smallest absolute Gasteiger partial charge is 0.253 e. The Bertz CT molecular complexity index is 1140. The summed E-state index contributed by atoms with van der Waals surface area (Å²) in [5, 5.41) is 5.92. The van der Waals surface area contributed by atoms with Crippen molar-refractivity contribution in [3.05, 3.63) is 138 Å². The minimum Gasteiger partial charge on any atom is -0.348 e. The van der Waals surface area contributed by atoms with E-state index in [0.717, 1.165) is 16.7 Å². The van der Waals surface area contributed by atoms with Crippen molar-refractivity contribution < 1.29 is 9.59 Å². The molecule has 4 nitrogen and oxygen atoms in total. The molecule has 4 rings (SSSR count). The number of nitrogens with one attached hydrogen (secondary N) is 2. The van der Waals surface area contributed by atoms with Crippen LogP contribution in [0.5, 0.6) is 0 Å². The molecule has 0 heterocycles. The maximum absolute atomic E-state index is 13.4. The Morgan fingerprint density at radius 1 is 0.625 bits per heavy atom. The van der Waals surface area contributed by atoms with E-state index in [9.17, 15) is 9.59 Å². The van der Waals surface area contributed by atoms with Gasteiger partial charge in [-0.2, -0.15) is 0 Å². The van der Waals surface area contributed by atoms with Crippen LogP contribution in [0.1, 0.15) is 33.0 Å². The minimum atomic E-state index is -0.488. The maximum Gasteiger partial charge on any atom is 0.253 e. The van der Waals surface area contributed by atoms with Gasteiger partial charge in [-0.1, -0.05) is 103 Å². The van der Waals surface area contributed by atoms with Crippen LogP contribution in [-0.2, 0) is 11.3 Å². The van der Waals surface area contributed by atoms with Crippen molar-refractivity contribution in [1.82, 2.24) is 5.32 Å². The van der Waals surface area contributed by atoms with Crippen molar-refractivity contribution in [2.24, 2.45) is 0 Å². The average molecular weight is 421 g/mol. The van der Waals surface area contributed by atoms with Crippen LogP contribution in [0.25, 0.3) is 0 Å². The number of rotatable bonds is 7. The third-order valence-electron chi connectivity index (χ3n) is 5.25. The molecule has 2 amide bonds. The van der Waals surface area contributed by atoms with Gasteiger partial charge in [-0.15, -0.1) is 0 Å². The van der Waals surface area contributed by atoms with E-state index < -0.39 is 5.92 Å². The second-order valence-electron chi connectivity index (χ2n) is 7.46. The van der Waals surface area contributed by atoms with E-state index in [0.29, 0.717) is 17.8 Å². The molecule has 0 spiro atoms. The van der Waals surface area contributed by atoms with Gasteiger partial charge in [0.05, 0.1) is 17.2 Å². The molecule has 0 saturated heterocycles. The number of amides is 2. The van der Waals surface area contributed by atoms with Gasteiger partial charge in [0.2, 0.25) is 5.91 Å². The van der Waals surface area contributed by atoms with Gasteiger partial charge in [-0.3, -0.25) is 9.59 Å². The fraction of sp³-hybridized carbons (Fsp3) is 0.0714. The maximum atomic E-state index is 13.4. The van der Waals surface area contributed by atoms with Crippen molar-refractivity contribution in [1.29, 1.82) is 0 Å². The number of anilines is 1. The summed E-state index contributed by atoms with van der Waals surface area (Å²) in [6.07, 6.45) is 0. The molecule has 4 aromatic carbocycles. The molecule has 32 heavy (non-hydrogen) atoms. The summed E-state index contributed by atoms with van der Waals surface area (Å²) in [5.41, 5.74) is 3.71. The van der Waals surface area contributed by atoms with E-state index in [1.165, 1.54) is 0 Å². The normalized spacial score (nSPS) is 10.5. The van der Waals surface area contributed by atoms with Gasteiger partial charge in [-0.25, -0.2) is 0 Å². The van der Waals surface area contributed by atoms with E-state index in [2.05, 4.69) is 10.6 Å². The molecule has 0 saturated carbocycles. The van der Waals surface area contributed by atoms with Crippen LogP contribution < -0.4 is 10.6 Å². The predicted octanol–water partition coefficient (Wildman–Crippen LogP) is 5.39. The standard InChI is InChI=1S/C28H24N2O2/c31-27(29-20-21-12-4-1-5-13-21)24-18-10-11-19-25(24)30-28(32)26(22-14-6-2-7-15-22)23-16-8-3-9-17-23/h1-19,26H,20H2,(H,29,31)(H,30,32). The van der Waals surface area contributed by atoms with Crippen LogP contribution >= 0.6 is 0 Å². The van der Waals surface area contributed by atoms with Gasteiger partial charge < -0.3 is 10.6 Å². The number of carbonyl (C=O) groups is 2. The summed E-state index contributed by atoms with van der Waals surface area (Å²) in [4.78, 5) is 26.3. The molecule has 0 radical (unpaired) electrons. The zero-order chi connectivity index (χ0) is 22.2. The first-order valence-electron chi connectivity index (χ1n) is 10.5. The second-order valence-corrected chi connectivity index (χ2v) is 7.46. The molecule has 0 aliphatic rings. The largest absolute Gasteiger partial charge is 0.348 e. The predicted molar refractivity (Wildman–Crippen MR) is 127 cm³/mol. The molecule has 0 bridgehead atoms. The van der Waals surface area contributed by atoms with E-state index in [1.54, 1.807) is 18.2 Å². The van der Waals surface area contributed by atoms with Crippen molar-refractivity contribution in [3.63, 3.8) is 0 Å². The molecule has 0 fully saturated rings. The topological polar surface area (TPSA) is 58.2 Å². The Balaban J connectivity index is 1.56. The Morgan fingerprint density at radius 3 is 1.72 bits per heavy atom. The lowest BCUT2D eigenvalue weighted by molar-refractivity contribution is -0.116. The lowest BCUT2D eigenvalue weighted by Gasteiger charge is -2.19. The van der Waals surface area contributed by atoms with Crippen LogP contribution in [0, 0.1) is 0 Å². The van der Waals surface area contributed by atoms with Gasteiger partial charge in [0.25, 0.3) is 5.91 Å². The van der Waals surface area contributed by atoms with E-state index in [-0.39, 0.29) is 11.8 Å². The SMILES string of the molecule is O=C(NCc1ccccc1)c1ccccc1NC(=O)C(c1ccccc1)c1ccccc1. The summed E-state index contributed by atoms with van der Waals surface area (Å²) >= 11 is 0. The number of hydrogen-bond acceptors (Lipinski definition) is 2. The van der Waals surface area contributed by atoms with Crippen LogP contribution in [0.15, 0.2) is 115 Å². The summed E-state index contributed by atoms with van der Waals surface area (Å²) in [6, 6.07) is 36.1. The molecule has 0 unspecified atom stereocenters.